The van der Waals surface area contributed by atoms with Gasteiger partial charge in [-0.25, -0.2) is 4.39 Å². The van der Waals surface area contributed by atoms with Crippen LogP contribution in [0.5, 0.6) is 0 Å². The molecule has 2 nitrogen and oxygen atoms in total. The van der Waals surface area contributed by atoms with Crippen molar-refractivity contribution in [2.24, 2.45) is 0 Å². The third-order valence-corrected chi connectivity index (χ3v) is 4.52. The van der Waals surface area contributed by atoms with Crippen molar-refractivity contribution in [1.82, 2.24) is 4.90 Å². The Morgan fingerprint density at radius 3 is 2.95 bits per heavy atom. The van der Waals surface area contributed by atoms with E-state index in [4.69, 9.17) is 0 Å². The van der Waals surface area contributed by atoms with Crippen LogP contribution in [0.15, 0.2) is 22.7 Å². The number of hydrogen-bond acceptors (Lipinski definition) is 1. The Hall–Kier alpha value is -0.420. The van der Waals surface area contributed by atoms with E-state index in [1.165, 1.54) is 6.07 Å². The van der Waals surface area contributed by atoms with Gasteiger partial charge in [0.1, 0.15) is 5.82 Å². The van der Waals surface area contributed by atoms with Gasteiger partial charge in [0, 0.05) is 22.4 Å². The normalized spacial score (nSPS) is 18.9. The maximum absolute atomic E-state index is 13.8. The van der Waals surface area contributed by atoms with Crippen LogP contribution in [0, 0.1) is 5.82 Å². The Morgan fingerprint density at radius 1 is 1.47 bits per heavy atom. The molecule has 1 aliphatic rings. The summed E-state index contributed by atoms with van der Waals surface area (Å²) in [5.41, 5.74) is 0.175. The molecule has 1 unspecified atom stereocenters. The fourth-order valence-electron chi connectivity index (χ4n) is 2.53. The van der Waals surface area contributed by atoms with E-state index in [2.05, 4.69) is 31.9 Å². The molecule has 104 valence electrons. The summed E-state index contributed by atoms with van der Waals surface area (Å²) >= 11 is 6.61. The maximum Gasteiger partial charge on any atom is 0.257 e. The molecule has 1 heterocycles. The van der Waals surface area contributed by atoms with Gasteiger partial charge in [0.25, 0.3) is 5.91 Å². The molecule has 1 atom stereocenters. The van der Waals surface area contributed by atoms with Gasteiger partial charge in [-0.1, -0.05) is 31.9 Å². The third kappa shape index (κ3) is 3.57. The second kappa shape index (κ2) is 6.84. The summed E-state index contributed by atoms with van der Waals surface area (Å²) in [6, 6.07) is 4.87. The molecule has 5 heteroatoms. The lowest BCUT2D eigenvalue weighted by molar-refractivity contribution is 0.0725. The first-order valence-corrected chi connectivity index (χ1v) is 8.37. The van der Waals surface area contributed by atoms with Crippen LogP contribution in [0.4, 0.5) is 4.39 Å². The maximum atomic E-state index is 13.8. The molecule has 0 aliphatic carbocycles. The van der Waals surface area contributed by atoms with E-state index >= 15 is 0 Å². The van der Waals surface area contributed by atoms with Crippen molar-refractivity contribution in [2.75, 3.05) is 11.9 Å². The van der Waals surface area contributed by atoms with Gasteiger partial charge in [0.2, 0.25) is 0 Å². The predicted molar refractivity (Wildman–Crippen MR) is 81.2 cm³/mol. The Bertz CT molecular complexity index is 467. The van der Waals surface area contributed by atoms with Gasteiger partial charge in [-0.3, -0.25) is 4.79 Å². The molecule has 1 aromatic rings. The molecule has 1 amide bonds. The van der Waals surface area contributed by atoms with Crippen LogP contribution in [0.25, 0.3) is 0 Å². The van der Waals surface area contributed by atoms with Gasteiger partial charge in [-0.05, 0) is 43.9 Å². The van der Waals surface area contributed by atoms with Crippen molar-refractivity contribution in [2.45, 2.75) is 31.7 Å². The number of carbonyl (C=O) groups excluding carboxylic acids is 1. The minimum absolute atomic E-state index is 0.175. The average molecular weight is 393 g/mol. The fraction of sp³-hybridized carbons (Fsp3) is 0.500. The molecule has 0 spiro atoms. The van der Waals surface area contributed by atoms with Gasteiger partial charge in [-0.2, -0.15) is 0 Å². The summed E-state index contributed by atoms with van der Waals surface area (Å²) in [5.74, 6) is -0.632. The minimum atomic E-state index is -0.453. The molecule has 0 aromatic heterocycles. The summed E-state index contributed by atoms with van der Waals surface area (Å²) in [6.07, 6.45) is 4.06. The summed E-state index contributed by atoms with van der Waals surface area (Å²) in [5, 5.41) is 0.943. The number of benzene rings is 1. The van der Waals surface area contributed by atoms with Crippen LogP contribution in [0.1, 0.15) is 36.0 Å². The van der Waals surface area contributed by atoms with Crippen molar-refractivity contribution >= 4 is 37.8 Å². The zero-order valence-corrected chi connectivity index (χ0v) is 13.7. The second-order valence-electron chi connectivity index (χ2n) is 4.75. The van der Waals surface area contributed by atoms with Gasteiger partial charge < -0.3 is 4.90 Å². The second-order valence-corrected chi connectivity index (χ2v) is 6.46. The highest BCUT2D eigenvalue weighted by atomic mass is 79.9. The minimum Gasteiger partial charge on any atom is -0.336 e. The van der Waals surface area contributed by atoms with Crippen LogP contribution < -0.4 is 0 Å². The monoisotopic (exact) mass is 391 g/mol. The molecule has 1 aromatic carbocycles. The van der Waals surface area contributed by atoms with Crippen molar-refractivity contribution in [3.8, 4) is 0 Å². The van der Waals surface area contributed by atoms with Gasteiger partial charge >= 0.3 is 0 Å². The molecule has 0 radical (unpaired) electrons. The highest BCUT2D eigenvalue weighted by Gasteiger charge is 2.30. The van der Waals surface area contributed by atoms with E-state index in [0.717, 1.165) is 37.6 Å². The lowest BCUT2D eigenvalue weighted by Crippen LogP contribution is -2.36. The molecule has 19 heavy (non-hydrogen) atoms. The van der Waals surface area contributed by atoms with E-state index in [-0.39, 0.29) is 17.5 Å². The Labute approximate surface area is 129 Å². The average Bonchev–Trinajstić information content (AvgIpc) is 2.83. The van der Waals surface area contributed by atoms with E-state index in [9.17, 15) is 9.18 Å². The molecule has 2 rings (SSSR count). The summed E-state index contributed by atoms with van der Waals surface area (Å²) in [4.78, 5) is 14.2. The van der Waals surface area contributed by atoms with Crippen molar-refractivity contribution in [3.63, 3.8) is 0 Å². The predicted octanol–water partition coefficient (Wildman–Crippen LogP) is 4.37. The van der Waals surface area contributed by atoms with E-state index < -0.39 is 5.82 Å². The number of hydrogen-bond donors (Lipinski definition) is 0. The van der Waals surface area contributed by atoms with Gasteiger partial charge in [-0.15, -0.1) is 0 Å². The highest BCUT2D eigenvalue weighted by molar-refractivity contribution is 9.10. The Balaban J connectivity index is 2.13. The standard InChI is InChI=1S/C14H16Br2FNO/c15-7-1-3-11-4-2-8-18(11)14(19)12-6-5-10(16)9-13(12)17/h5-6,9,11H,1-4,7-8H2. The number of halogens is 3. The fourth-order valence-corrected chi connectivity index (χ4v) is 3.19. The number of likely N-dealkylation sites (tertiary alicyclic amines) is 1. The third-order valence-electron chi connectivity index (χ3n) is 3.47. The topological polar surface area (TPSA) is 20.3 Å². The highest BCUT2D eigenvalue weighted by Crippen LogP contribution is 2.25. The smallest absolute Gasteiger partial charge is 0.257 e. The van der Waals surface area contributed by atoms with Crippen molar-refractivity contribution in [1.29, 1.82) is 0 Å². The largest absolute Gasteiger partial charge is 0.336 e. The molecule has 0 N–H and O–H groups in total. The number of alkyl halides is 1. The lowest BCUT2D eigenvalue weighted by atomic mass is 10.1. The van der Waals surface area contributed by atoms with E-state index in [1.54, 1.807) is 12.1 Å². The van der Waals surface area contributed by atoms with Crippen LogP contribution in [-0.2, 0) is 0 Å². The number of amides is 1. The van der Waals surface area contributed by atoms with Gasteiger partial charge in [0.05, 0.1) is 5.56 Å². The van der Waals surface area contributed by atoms with Crippen LogP contribution in [0.2, 0.25) is 0 Å². The Morgan fingerprint density at radius 2 is 2.26 bits per heavy atom. The van der Waals surface area contributed by atoms with Crippen molar-refractivity contribution < 1.29 is 9.18 Å². The molecule has 1 fully saturated rings. The molecular weight excluding hydrogens is 377 g/mol. The first-order chi connectivity index (χ1) is 9.13. The number of carbonyl (C=O) groups is 1. The lowest BCUT2D eigenvalue weighted by Gasteiger charge is -2.24. The molecule has 1 saturated heterocycles. The molecule has 1 aliphatic heterocycles. The molecule has 0 bridgehead atoms. The Kier molecular flexibility index (Phi) is 5.39. The number of rotatable bonds is 4. The van der Waals surface area contributed by atoms with Gasteiger partial charge in [0.15, 0.2) is 0 Å². The quantitative estimate of drug-likeness (QED) is 0.696. The number of nitrogens with zero attached hydrogens (tertiary/aromatic N) is 1. The van der Waals surface area contributed by atoms with Crippen molar-refractivity contribution in [3.05, 3.63) is 34.1 Å². The van der Waals surface area contributed by atoms with Crippen LogP contribution >= 0.6 is 31.9 Å². The zero-order valence-electron chi connectivity index (χ0n) is 10.5. The van der Waals surface area contributed by atoms with Crippen LogP contribution in [0.3, 0.4) is 0 Å². The summed E-state index contributed by atoms with van der Waals surface area (Å²) in [6.45, 7) is 0.737. The van der Waals surface area contributed by atoms with E-state index in [1.807, 2.05) is 4.90 Å². The van der Waals surface area contributed by atoms with Crippen LogP contribution in [-0.4, -0.2) is 28.7 Å². The zero-order chi connectivity index (χ0) is 13.8. The van der Waals surface area contributed by atoms with E-state index in [0.29, 0.717) is 4.47 Å². The molecule has 0 saturated carbocycles. The summed E-state index contributed by atoms with van der Waals surface area (Å²) in [7, 11) is 0. The first kappa shape index (κ1) is 15.0. The first-order valence-electron chi connectivity index (χ1n) is 6.45. The SMILES string of the molecule is O=C(c1ccc(Br)cc1F)N1CCCC1CCCBr. The summed E-state index contributed by atoms with van der Waals surface area (Å²) < 4.78 is 14.5. The molecular formula is C14H16Br2FNO.